The maximum absolute atomic E-state index is 11.7. The van der Waals surface area contributed by atoms with Crippen LogP contribution in [0.15, 0.2) is 53.1 Å². The van der Waals surface area contributed by atoms with Crippen molar-refractivity contribution < 1.29 is 4.79 Å². The Bertz CT molecular complexity index is 497. The van der Waals surface area contributed by atoms with Gasteiger partial charge in [-0.3, -0.25) is 4.79 Å². The molecular weight excluding hydrogens is 266 g/mol. The lowest BCUT2D eigenvalue weighted by molar-refractivity contribution is 0.104. The third-order valence-corrected chi connectivity index (χ3v) is 2.69. The summed E-state index contributed by atoms with van der Waals surface area (Å²) in [5.74, 6) is 0.00194. The van der Waals surface area contributed by atoms with Gasteiger partial charge in [-0.15, -0.1) is 0 Å². The second kappa shape index (κ2) is 4.94. The number of halogens is 1. The fourth-order valence-electron chi connectivity index (χ4n) is 1.32. The Morgan fingerprint density at radius 1 is 1.19 bits per heavy atom. The van der Waals surface area contributed by atoms with Crippen LogP contribution in [0.3, 0.4) is 0 Å². The summed E-state index contributed by atoms with van der Waals surface area (Å²) in [6.07, 6.45) is 5.16. The van der Waals surface area contributed by atoms with Gasteiger partial charge in [-0.05, 0) is 48.6 Å². The van der Waals surface area contributed by atoms with E-state index in [0.717, 1.165) is 10.2 Å². The predicted molar refractivity (Wildman–Crippen MR) is 68.3 cm³/mol. The molecule has 0 unspecified atom stereocenters. The van der Waals surface area contributed by atoms with E-state index in [0.29, 0.717) is 5.56 Å². The van der Waals surface area contributed by atoms with Crippen molar-refractivity contribution in [2.45, 2.75) is 0 Å². The number of hydrogen-bond donors (Lipinski definition) is 1. The predicted octanol–water partition coefficient (Wildman–Crippen LogP) is 3.67. The first-order valence-electron chi connectivity index (χ1n) is 4.87. The van der Waals surface area contributed by atoms with Crippen molar-refractivity contribution in [1.29, 1.82) is 0 Å². The molecule has 2 rings (SSSR count). The Morgan fingerprint density at radius 3 is 2.56 bits per heavy atom. The van der Waals surface area contributed by atoms with Gasteiger partial charge in [0.05, 0.1) is 0 Å². The van der Waals surface area contributed by atoms with Crippen LogP contribution in [0.5, 0.6) is 0 Å². The van der Waals surface area contributed by atoms with Gasteiger partial charge >= 0.3 is 0 Å². The Balaban J connectivity index is 2.11. The molecule has 0 aliphatic carbocycles. The number of ketones is 1. The lowest BCUT2D eigenvalue weighted by Gasteiger charge is -1.95. The molecule has 1 aromatic carbocycles. The number of nitrogens with one attached hydrogen (secondary N) is 1. The van der Waals surface area contributed by atoms with E-state index in [4.69, 9.17) is 0 Å². The third kappa shape index (κ3) is 2.70. The molecule has 0 spiro atoms. The Hall–Kier alpha value is -1.61. The molecule has 1 heterocycles. The molecular formula is C13H10BrNO. The standard InChI is InChI=1S/C13H10BrNO/c14-11-5-3-10(4-6-11)13(16)8-7-12-2-1-9-15-12/h1-9,15H/b8-7+. The number of carbonyl (C=O) groups excluding carboxylic acids is 1. The molecule has 0 saturated heterocycles. The van der Waals surface area contributed by atoms with Crippen LogP contribution in [0.2, 0.25) is 0 Å². The van der Waals surface area contributed by atoms with E-state index in [1.54, 1.807) is 24.3 Å². The van der Waals surface area contributed by atoms with Gasteiger partial charge in [0.1, 0.15) is 0 Å². The van der Waals surface area contributed by atoms with E-state index in [-0.39, 0.29) is 5.78 Å². The summed E-state index contributed by atoms with van der Waals surface area (Å²) in [5.41, 5.74) is 1.61. The molecule has 0 aliphatic heterocycles. The van der Waals surface area contributed by atoms with Gasteiger partial charge in [0.2, 0.25) is 0 Å². The number of benzene rings is 1. The molecule has 0 amide bonds. The molecule has 0 saturated carbocycles. The number of allylic oxidation sites excluding steroid dienone is 1. The van der Waals surface area contributed by atoms with Gasteiger partial charge in [-0.2, -0.15) is 0 Å². The molecule has 2 nitrogen and oxygen atoms in total. The Morgan fingerprint density at radius 2 is 1.94 bits per heavy atom. The largest absolute Gasteiger partial charge is 0.362 e. The van der Waals surface area contributed by atoms with Crippen LogP contribution in [0, 0.1) is 0 Å². The first kappa shape index (κ1) is 10.9. The van der Waals surface area contributed by atoms with Crippen molar-refractivity contribution in [3.63, 3.8) is 0 Å². The maximum Gasteiger partial charge on any atom is 0.185 e. The van der Waals surface area contributed by atoms with Crippen LogP contribution in [-0.2, 0) is 0 Å². The molecule has 1 N–H and O–H groups in total. The lowest BCUT2D eigenvalue weighted by atomic mass is 10.1. The monoisotopic (exact) mass is 275 g/mol. The number of carbonyl (C=O) groups is 1. The van der Waals surface area contributed by atoms with Crippen molar-refractivity contribution in [2.24, 2.45) is 0 Å². The minimum atomic E-state index is 0.00194. The van der Waals surface area contributed by atoms with E-state index >= 15 is 0 Å². The van der Waals surface area contributed by atoms with Gasteiger partial charge in [-0.25, -0.2) is 0 Å². The summed E-state index contributed by atoms with van der Waals surface area (Å²) in [5, 5.41) is 0. The highest BCUT2D eigenvalue weighted by Crippen LogP contribution is 2.11. The van der Waals surface area contributed by atoms with Crippen LogP contribution in [0.1, 0.15) is 16.1 Å². The molecule has 0 fully saturated rings. The highest BCUT2D eigenvalue weighted by Gasteiger charge is 2.00. The summed E-state index contributed by atoms with van der Waals surface area (Å²) >= 11 is 3.33. The highest BCUT2D eigenvalue weighted by molar-refractivity contribution is 9.10. The van der Waals surface area contributed by atoms with E-state index in [2.05, 4.69) is 20.9 Å². The number of aromatic amines is 1. The quantitative estimate of drug-likeness (QED) is 0.673. The van der Waals surface area contributed by atoms with Crippen LogP contribution in [-0.4, -0.2) is 10.8 Å². The van der Waals surface area contributed by atoms with Crippen molar-refractivity contribution in [2.75, 3.05) is 0 Å². The summed E-state index contributed by atoms with van der Waals surface area (Å²) in [7, 11) is 0. The Kier molecular flexibility index (Phi) is 3.37. The molecule has 0 bridgehead atoms. The molecule has 16 heavy (non-hydrogen) atoms. The molecule has 2 aromatic rings. The van der Waals surface area contributed by atoms with Gasteiger partial charge in [0.15, 0.2) is 5.78 Å². The molecule has 0 atom stereocenters. The smallest absolute Gasteiger partial charge is 0.185 e. The van der Waals surface area contributed by atoms with Crippen LogP contribution in [0.25, 0.3) is 6.08 Å². The number of H-pyrrole nitrogens is 1. The summed E-state index contributed by atoms with van der Waals surface area (Å²) in [6, 6.07) is 11.1. The van der Waals surface area contributed by atoms with Gasteiger partial charge < -0.3 is 4.98 Å². The normalized spacial score (nSPS) is 10.8. The average molecular weight is 276 g/mol. The molecule has 80 valence electrons. The van der Waals surface area contributed by atoms with Gasteiger partial charge in [0, 0.05) is 21.9 Å². The fraction of sp³-hybridized carbons (Fsp3) is 0. The average Bonchev–Trinajstić information content (AvgIpc) is 2.80. The zero-order chi connectivity index (χ0) is 11.4. The van der Waals surface area contributed by atoms with Crippen molar-refractivity contribution >= 4 is 27.8 Å². The maximum atomic E-state index is 11.7. The second-order valence-electron chi connectivity index (χ2n) is 3.33. The zero-order valence-electron chi connectivity index (χ0n) is 8.48. The molecule has 1 aromatic heterocycles. The van der Waals surface area contributed by atoms with Crippen LogP contribution < -0.4 is 0 Å². The highest BCUT2D eigenvalue weighted by atomic mass is 79.9. The third-order valence-electron chi connectivity index (χ3n) is 2.17. The number of aromatic nitrogens is 1. The van der Waals surface area contributed by atoms with E-state index in [1.807, 2.05) is 30.5 Å². The van der Waals surface area contributed by atoms with Crippen LogP contribution in [0.4, 0.5) is 0 Å². The minimum absolute atomic E-state index is 0.00194. The van der Waals surface area contributed by atoms with E-state index in [9.17, 15) is 4.79 Å². The van der Waals surface area contributed by atoms with Crippen molar-refractivity contribution in [3.05, 3.63) is 64.4 Å². The van der Waals surface area contributed by atoms with Gasteiger partial charge in [0.25, 0.3) is 0 Å². The van der Waals surface area contributed by atoms with Crippen molar-refractivity contribution in [3.8, 4) is 0 Å². The first-order chi connectivity index (χ1) is 7.75. The van der Waals surface area contributed by atoms with Crippen molar-refractivity contribution in [1.82, 2.24) is 4.98 Å². The summed E-state index contributed by atoms with van der Waals surface area (Å²) in [6.45, 7) is 0. The van der Waals surface area contributed by atoms with Gasteiger partial charge in [-0.1, -0.05) is 15.9 Å². The van der Waals surface area contributed by atoms with E-state index in [1.165, 1.54) is 0 Å². The molecule has 0 radical (unpaired) electrons. The molecule has 3 heteroatoms. The fourth-order valence-corrected chi connectivity index (χ4v) is 1.59. The van der Waals surface area contributed by atoms with E-state index < -0.39 is 0 Å². The zero-order valence-corrected chi connectivity index (χ0v) is 10.1. The Labute approximate surface area is 102 Å². The second-order valence-corrected chi connectivity index (χ2v) is 4.25. The summed E-state index contributed by atoms with van der Waals surface area (Å²) < 4.78 is 0.970. The summed E-state index contributed by atoms with van der Waals surface area (Å²) in [4.78, 5) is 14.7. The lowest BCUT2D eigenvalue weighted by Crippen LogP contribution is -1.93. The van der Waals surface area contributed by atoms with Crippen LogP contribution >= 0.6 is 15.9 Å². The first-order valence-corrected chi connectivity index (χ1v) is 5.66. The minimum Gasteiger partial charge on any atom is -0.362 e. The SMILES string of the molecule is O=C(/C=C/c1ccc[nH]1)c1ccc(Br)cc1. The topological polar surface area (TPSA) is 32.9 Å². The number of rotatable bonds is 3. The molecule has 0 aliphatic rings. The number of hydrogen-bond acceptors (Lipinski definition) is 1.